The molecule has 0 bridgehead atoms. The van der Waals surface area contributed by atoms with Gasteiger partial charge in [0.15, 0.2) is 0 Å². The van der Waals surface area contributed by atoms with Gasteiger partial charge >= 0.3 is 0 Å². The third kappa shape index (κ3) is 4.13. The number of para-hydroxylation sites is 1. The van der Waals surface area contributed by atoms with Crippen molar-refractivity contribution in [2.24, 2.45) is 5.10 Å². The Hall–Kier alpha value is -3.79. The Kier molecular flexibility index (Phi) is 5.40. The molecule has 0 unspecified atom stereocenters. The summed E-state index contributed by atoms with van der Waals surface area (Å²) < 4.78 is 0. The quantitative estimate of drug-likeness (QED) is 0.359. The zero-order valence-electron chi connectivity index (χ0n) is 17.3. The number of hydrogen-bond acceptors (Lipinski definition) is 3. The van der Waals surface area contributed by atoms with Crippen molar-refractivity contribution in [2.75, 3.05) is 0 Å². The zero-order chi connectivity index (χ0) is 21.1. The van der Waals surface area contributed by atoms with E-state index in [1.807, 2.05) is 99.6 Å². The third-order valence-corrected chi connectivity index (χ3v) is 5.10. The van der Waals surface area contributed by atoms with Crippen molar-refractivity contribution >= 4 is 22.5 Å². The Morgan fingerprint density at radius 1 is 0.867 bits per heavy atom. The Morgan fingerprint density at radius 3 is 2.20 bits per heavy atom. The van der Waals surface area contributed by atoms with E-state index < -0.39 is 0 Å². The summed E-state index contributed by atoms with van der Waals surface area (Å²) in [5.74, 6) is -0.256. The smallest absolute Gasteiger partial charge is 0.267 e. The molecule has 4 nitrogen and oxygen atoms in total. The fourth-order valence-corrected chi connectivity index (χ4v) is 3.29. The Morgan fingerprint density at radius 2 is 1.50 bits per heavy atom. The maximum absolute atomic E-state index is 13.0. The van der Waals surface area contributed by atoms with Crippen LogP contribution in [0.5, 0.6) is 0 Å². The number of fused-ring (bicyclic) bond motifs is 1. The summed E-state index contributed by atoms with van der Waals surface area (Å²) in [6, 6.07) is 25.7. The highest BCUT2D eigenvalue weighted by Crippen LogP contribution is 2.25. The highest BCUT2D eigenvalue weighted by atomic mass is 16.2. The molecular weight excluding hydrogens is 370 g/mol. The highest BCUT2D eigenvalue weighted by molar-refractivity contribution is 6.08. The summed E-state index contributed by atoms with van der Waals surface area (Å²) in [7, 11) is 0. The molecule has 1 heterocycles. The third-order valence-electron chi connectivity index (χ3n) is 5.10. The van der Waals surface area contributed by atoms with Gasteiger partial charge in [-0.2, -0.15) is 5.10 Å². The van der Waals surface area contributed by atoms with Crippen LogP contribution >= 0.6 is 0 Å². The molecule has 3 aromatic carbocycles. The van der Waals surface area contributed by atoms with Crippen LogP contribution in [0.25, 0.3) is 22.2 Å². The van der Waals surface area contributed by atoms with Gasteiger partial charge in [-0.3, -0.25) is 4.79 Å². The van der Waals surface area contributed by atoms with Crippen LogP contribution in [0.15, 0.2) is 84.0 Å². The molecule has 0 aliphatic carbocycles. The molecule has 0 aliphatic rings. The predicted octanol–water partition coefficient (Wildman–Crippen LogP) is 5.67. The number of amides is 1. The molecular formula is C26H23N3O. The van der Waals surface area contributed by atoms with E-state index in [2.05, 4.69) is 10.5 Å². The van der Waals surface area contributed by atoms with E-state index in [9.17, 15) is 4.79 Å². The van der Waals surface area contributed by atoms with Gasteiger partial charge in [0.05, 0.1) is 22.5 Å². The minimum absolute atomic E-state index is 0.256. The number of carbonyl (C=O) groups excluding carboxylic acids is 1. The van der Waals surface area contributed by atoms with Crippen molar-refractivity contribution < 1.29 is 4.79 Å². The molecule has 0 saturated heterocycles. The molecule has 1 aromatic heterocycles. The van der Waals surface area contributed by atoms with Gasteiger partial charge in [-0.25, -0.2) is 10.4 Å². The SMILES string of the molecule is C/C(=N/NC(=O)c1cc(-c2ccc(C)cc2)nc2ccccc12)c1ccc(C)cc1. The molecule has 0 saturated carbocycles. The molecule has 0 spiro atoms. The van der Waals surface area contributed by atoms with Gasteiger partial charge in [0.1, 0.15) is 0 Å². The van der Waals surface area contributed by atoms with Gasteiger partial charge in [-0.15, -0.1) is 0 Å². The van der Waals surface area contributed by atoms with Crippen LogP contribution in [0.2, 0.25) is 0 Å². The molecule has 0 aliphatic heterocycles. The number of pyridine rings is 1. The summed E-state index contributed by atoms with van der Waals surface area (Å²) >= 11 is 0. The second-order valence-electron chi connectivity index (χ2n) is 7.44. The van der Waals surface area contributed by atoms with Crippen molar-refractivity contribution in [1.82, 2.24) is 10.4 Å². The van der Waals surface area contributed by atoms with Gasteiger partial charge < -0.3 is 0 Å². The van der Waals surface area contributed by atoms with Crippen LogP contribution in [-0.4, -0.2) is 16.6 Å². The molecule has 148 valence electrons. The van der Waals surface area contributed by atoms with Crippen molar-refractivity contribution in [1.29, 1.82) is 0 Å². The molecule has 4 rings (SSSR count). The fraction of sp³-hybridized carbons (Fsp3) is 0.115. The topological polar surface area (TPSA) is 54.4 Å². The number of aryl methyl sites for hydroxylation is 2. The molecule has 0 fully saturated rings. The molecule has 0 atom stereocenters. The number of hydrogen-bond donors (Lipinski definition) is 1. The Labute approximate surface area is 176 Å². The van der Waals surface area contributed by atoms with Crippen LogP contribution < -0.4 is 5.43 Å². The standard InChI is InChI=1S/C26H23N3O/c1-17-8-12-20(13-9-17)19(3)28-29-26(30)23-16-25(21-14-10-18(2)11-15-21)27-24-7-5-4-6-22(23)24/h4-16H,1-3H3,(H,29,30)/b28-19-. The normalized spacial score (nSPS) is 11.5. The monoisotopic (exact) mass is 393 g/mol. The van der Waals surface area contributed by atoms with Crippen molar-refractivity contribution in [3.63, 3.8) is 0 Å². The van der Waals surface area contributed by atoms with Gasteiger partial charge in [-0.05, 0) is 38.5 Å². The first-order valence-corrected chi connectivity index (χ1v) is 9.90. The minimum Gasteiger partial charge on any atom is -0.267 e. The van der Waals surface area contributed by atoms with Crippen LogP contribution in [0, 0.1) is 13.8 Å². The highest BCUT2D eigenvalue weighted by Gasteiger charge is 2.14. The lowest BCUT2D eigenvalue weighted by Crippen LogP contribution is -2.20. The van der Waals surface area contributed by atoms with Crippen molar-refractivity contribution in [2.45, 2.75) is 20.8 Å². The average Bonchev–Trinajstić information content (AvgIpc) is 2.77. The van der Waals surface area contributed by atoms with Crippen LogP contribution in [0.3, 0.4) is 0 Å². The Balaban J connectivity index is 1.70. The van der Waals surface area contributed by atoms with Gasteiger partial charge in [0, 0.05) is 10.9 Å². The van der Waals surface area contributed by atoms with Gasteiger partial charge in [0.25, 0.3) is 5.91 Å². The van der Waals surface area contributed by atoms with E-state index in [-0.39, 0.29) is 5.91 Å². The van der Waals surface area contributed by atoms with Crippen LogP contribution in [0.1, 0.15) is 34.0 Å². The van der Waals surface area contributed by atoms with E-state index in [0.717, 1.165) is 33.4 Å². The lowest BCUT2D eigenvalue weighted by Gasteiger charge is -2.10. The summed E-state index contributed by atoms with van der Waals surface area (Å²) in [5, 5.41) is 5.12. The van der Waals surface area contributed by atoms with Crippen molar-refractivity contribution in [3.8, 4) is 11.3 Å². The first-order chi connectivity index (χ1) is 14.5. The fourth-order valence-electron chi connectivity index (χ4n) is 3.29. The summed E-state index contributed by atoms with van der Waals surface area (Å²) in [6.07, 6.45) is 0. The van der Waals surface area contributed by atoms with Crippen LogP contribution in [-0.2, 0) is 0 Å². The van der Waals surface area contributed by atoms with E-state index in [1.54, 1.807) is 0 Å². The largest absolute Gasteiger partial charge is 0.272 e. The molecule has 1 amide bonds. The van der Waals surface area contributed by atoms with E-state index in [0.29, 0.717) is 5.56 Å². The number of aromatic nitrogens is 1. The van der Waals surface area contributed by atoms with Gasteiger partial charge in [-0.1, -0.05) is 77.9 Å². The maximum Gasteiger partial charge on any atom is 0.272 e. The maximum atomic E-state index is 13.0. The lowest BCUT2D eigenvalue weighted by atomic mass is 10.0. The summed E-state index contributed by atoms with van der Waals surface area (Å²) in [5.41, 5.74) is 9.86. The van der Waals surface area contributed by atoms with E-state index in [4.69, 9.17) is 4.98 Å². The van der Waals surface area contributed by atoms with Crippen LogP contribution in [0.4, 0.5) is 0 Å². The second kappa shape index (κ2) is 8.29. The summed E-state index contributed by atoms with van der Waals surface area (Å²) in [6.45, 7) is 5.97. The molecule has 1 N–H and O–H groups in total. The molecule has 0 radical (unpaired) electrons. The summed E-state index contributed by atoms with van der Waals surface area (Å²) in [4.78, 5) is 17.8. The first kappa shape index (κ1) is 19.5. The van der Waals surface area contributed by atoms with E-state index in [1.165, 1.54) is 11.1 Å². The second-order valence-corrected chi connectivity index (χ2v) is 7.44. The number of benzene rings is 3. The Bertz CT molecular complexity index is 1240. The van der Waals surface area contributed by atoms with Gasteiger partial charge in [0.2, 0.25) is 0 Å². The average molecular weight is 393 g/mol. The molecule has 4 aromatic rings. The first-order valence-electron chi connectivity index (χ1n) is 9.90. The van der Waals surface area contributed by atoms with Crippen molar-refractivity contribution in [3.05, 3.63) is 101 Å². The number of carbonyl (C=O) groups is 1. The number of hydrazone groups is 1. The minimum atomic E-state index is -0.256. The number of nitrogens with one attached hydrogen (secondary N) is 1. The predicted molar refractivity (Wildman–Crippen MR) is 123 cm³/mol. The molecule has 4 heteroatoms. The number of rotatable bonds is 4. The molecule has 30 heavy (non-hydrogen) atoms. The lowest BCUT2D eigenvalue weighted by molar-refractivity contribution is 0.0956. The zero-order valence-corrected chi connectivity index (χ0v) is 17.3. The van der Waals surface area contributed by atoms with E-state index >= 15 is 0 Å². The number of nitrogens with zero attached hydrogens (tertiary/aromatic N) is 2.